The van der Waals surface area contributed by atoms with Gasteiger partial charge in [-0.15, -0.1) is 0 Å². The van der Waals surface area contributed by atoms with Crippen LogP contribution in [0.2, 0.25) is 0 Å². The van der Waals surface area contributed by atoms with E-state index in [1.807, 2.05) is 43.3 Å². The van der Waals surface area contributed by atoms with Gasteiger partial charge in [-0.05, 0) is 68.2 Å². The maximum absolute atomic E-state index is 13.3. The van der Waals surface area contributed by atoms with Crippen LogP contribution >= 0.6 is 0 Å². The summed E-state index contributed by atoms with van der Waals surface area (Å²) < 4.78 is 5.22. The van der Waals surface area contributed by atoms with Gasteiger partial charge in [0.25, 0.3) is 5.91 Å². The minimum atomic E-state index is -0.636. The Morgan fingerprint density at radius 3 is 2.53 bits per heavy atom. The van der Waals surface area contributed by atoms with E-state index >= 15 is 0 Å². The van der Waals surface area contributed by atoms with E-state index in [0.717, 1.165) is 43.7 Å². The van der Waals surface area contributed by atoms with E-state index < -0.39 is 10.8 Å². The summed E-state index contributed by atoms with van der Waals surface area (Å²) in [5.41, 5.74) is 4.84. The minimum Gasteiger partial charge on any atom is -0.395 e. The zero-order chi connectivity index (χ0) is 23.9. The molecule has 1 saturated heterocycles. The number of hydrogen-bond donors (Lipinski definition) is 0. The van der Waals surface area contributed by atoms with Gasteiger partial charge in [0, 0.05) is 24.2 Å². The molecule has 0 aliphatic carbocycles. The highest BCUT2D eigenvalue weighted by molar-refractivity contribution is 6.06. The Balaban J connectivity index is 1.36. The molecule has 0 N–H and O–H groups in total. The molecule has 0 radical (unpaired) electrons. The van der Waals surface area contributed by atoms with Gasteiger partial charge >= 0.3 is 5.88 Å². The number of nitro groups is 1. The predicted octanol–water partition coefficient (Wildman–Crippen LogP) is 4.56. The Bertz CT molecular complexity index is 1300. The summed E-state index contributed by atoms with van der Waals surface area (Å²) in [7, 11) is 0. The number of carbonyl (C=O) groups excluding carboxylic acids is 1. The smallest absolute Gasteiger partial charge is 0.395 e. The lowest BCUT2D eigenvalue weighted by atomic mass is 9.74. The molecule has 1 fully saturated rings. The highest BCUT2D eigenvalue weighted by Crippen LogP contribution is 2.48. The van der Waals surface area contributed by atoms with Gasteiger partial charge in [-0.2, -0.15) is 5.26 Å². The van der Waals surface area contributed by atoms with Gasteiger partial charge in [-0.3, -0.25) is 19.8 Å². The van der Waals surface area contributed by atoms with E-state index in [0.29, 0.717) is 12.1 Å². The fraction of sp³-hybridized carbons (Fsp3) is 0.308. The van der Waals surface area contributed by atoms with Crippen LogP contribution in [0.5, 0.6) is 0 Å². The molecule has 172 valence electrons. The van der Waals surface area contributed by atoms with Gasteiger partial charge in [0.1, 0.15) is 4.92 Å². The standard InChI is InChI=1S/C26H24N4O4/c1-18-2-7-22-21(14-18)26(17-29(22)25(31)23-8-9-24(34-23)30(32)33)10-12-28(13-11-26)16-20-5-3-19(15-27)4-6-20/h2-9,14H,10-13,16-17H2,1H3. The van der Waals surface area contributed by atoms with Gasteiger partial charge in [-0.25, -0.2) is 0 Å². The predicted molar refractivity (Wildman–Crippen MR) is 126 cm³/mol. The minimum absolute atomic E-state index is 0.0199. The maximum Gasteiger partial charge on any atom is 0.433 e. The summed E-state index contributed by atoms with van der Waals surface area (Å²) in [5, 5.41) is 20.0. The number of carbonyl (C=O) groups is 1. The van der Waals surface area contributed by atoms with Crippen LogP contribution in [0.1, 0.15) is 45.7 Å². The third kappa shape index (κ3) is 3.84. The zero-order valence-electron chi connectivity index (χ0n) is 18.9. The average molecular weight is 457 g/mol. The van der Waals surface area contributed by atoms with Crippen LogP contribution in [0.3, 0.4) is 0 Å². The molecule has 2 aliphatic heterocycles. The monoisotopic (exact) mass is 456 g/mol. The third-order valence-electron chi connectivity index (χ3n) is 7.01. The second kappa shape index (κ2) is 8.43. The van der Waals surface area contributed by atoms with Crippen LogP contribution in [-0.2, 0) is 12.0 Å². The maximum atomic E-state index is 13.3. The van der Waals surface area contributed by atoms with E-state index in [1.165, 1.54) is 23.3 Å². The van der Waals surface area contributed by atoms with Crippen LogP contribution in [0.4, 0.5) is 11.6 Å². The Morgan fingerprint density at radius 2 is 1.88 bits per heavy atom. The molecule has 0 unspecified atom stereocenters. The fourth-order valence-electron chi connectivity index (χ4n) is 5.15. The van der Waals surface area contributed by atoms with Crippen molar-refractivity contribution >= 4 is 17.5 Å². The van der Waals surface area contributed by atoms with Gasteiger partial charge in [0.05, 0.1) is 17.7 Å². The summed E-state index contributed by atoms with van der Waals surface area (Å²) in [5.74, 6) is -0.805. The van der Waals surface area contributed by atoms with Crippen LogP contribution < -0.4 is 4.90 Å². The highest BCUT2D eigenvalue weighted by Gasteiger charge is 2.47. The number of benzene rings is 2. The number of fused-ring (bicyclic) bond motifs is 2. The van der Waals surface area contributed by atoms with E-state index in [9.17, 15) is 14.9 Å². The summed E-state index contributed by atoms with van der Waals surface area (Å²) in [6.07, 6.45) is 1.81. The van der Waals surface area contributed by atoms with Crippen molar-refractivity contribution in [1.82, 2.24) is 4.90 Å². The number of furan rings is 1. The first-order chi connectivity index (χ1) is 16.4. The van der Waals surface area contributed by atoms with E-state index in [1.54, 1.807) is 4.90 Å². The van der Waals surface area contributed by atoms with E-state index in [2.05, 4.69) is 17.0 Å². The number of hydrogen-bond acceptors (Lipinski definition) is 6. The first-order valence-corrected chi connectivity index (χ1v) is 11.3. The molecule has 8 heteroatoms. The first kappa shape index (κ1) is 21.9. The number of nitrogens with zero attached hydrogens (tertiary/aromatic N) is 4. The molecular formula is C26H24N4O4. The van der Waals surface area contributed by atoms with Crippen molar-refractivity contribution in [2.45, 2.75) is 31.7 Å². The lowest BCUT2D eigenvalue weighted by Gasteiger charge is -2.40. The van der Waals surface area contributed by atoms with Gasteiger partial charge < -0.3 is 9.32 Å². The molecule has 2 aromatic carbocycles. The Hall–Kier alpha value is -3.96. The van der Waals surface area contributed by atoms with Crippen LogP contribution in [-0.4, -0.2) is 35.4 Å². The van der Waals surface area contributed by atoms with Crippen molar-refractivity contribution in [1.29, 1.82) is 5.26 Å². The highest BCUT2D eigenvalue weighted by atomic mass is 16.6. The normalized spacial score (nSPS) is 16.9. The van der Waals surface area contributed by atoms with Gasteiger partial charge in [0.2, 0.25) is 0 Å². The molecule has 1 amide bonds. The molecule has 3 heterocycles. The van der Waals surface area contributed by atoms with Crippen LogP contribution in [0.15, 0.2) is 59.0 Å². The number of rotatable bonds is 4. The molecule has 8 nitrogen and oxygen atoms in total. The summed E-state index contributed by atoms with van der Waals surface area (Å²) in [4.78, 5) is 27.8. The molecular weight excluding hydrogens is 432 g/mol. The van der Waals surface area contributed by atoms with Crippen molar-refractivity contribution in [3.8, 4) is 6.07 Å². The number of nitriles is 1. The SMILES string of the molecule is Cc1ccc2c(c1)C1(CCN(Cc3ccc(C#N)cc3)CC1)CN2C(=O)c1ccc([N+](=O)[O-])o1. The third-order valence-corrected chi connectivity index (χ3v) is 7.01. The fourth-order valence-corrected chi connectivity index (χ4v) is 5.15. The zero-order valence-corrected chi connectivity index (χ0v) is 18.9. The second-order valence-corrected chi connectivity index (χ2v) is 9.17. The average Bonchev–Trinajstić information content (AvgIpc) is 3.45. The number of amides is 1. The summed E-state index contributed by atoms with van der Waals surface area (Å²) in [6, 6.07) is 18.6. The molecule has 0 atom stereocenters. The quantitative estimate of drug-likeness (QED) is 0.421. The van der Waals surface area contributed by atoms with Crippen molar-refractivity contribution in [3.63, 3.8) is 0 Å². The van der Waals surface area contributed by atoms with Crippen molar-refractivity contribution in [2.24, 2.45) is 0 Å². The van der Waals surface area contributed by atoms with E-state index in [-0.39, 0.29) is 17.1 Å². The van der Waals surface area contributed by atoms with Gasteiger partial charge in [-0.1, -0.05) is 29.8 Å². The lowest BCUT2D eigenvalue weighted by molar-refractivity contribution is -0.402. The summed E-state index contributed by atoms with van der Waals surface area (Å²) >= 11 is 0. The second-order valence-electron chi connectivity index (χ2n) is 9.17. The molecule has 0 saturated carbocycles. The number of piperidine rings is 1. The molecule has 34 heavy (non-hydrogen) atoms. The molecule has 1 spiro atoms. The van der Waals surface area contributed by atoms with Crippen molar-refractivity contribution in [2.75, 3.05) is 24.5 Å². The first-order valence-electron chi connectivity index (χ1n) is 11.3. The molecule has 5 rings (SSSR count). The Kier molecular flexibility index (Phi) is 5.42. The number of anilines is 1. The van der Waals surface area contributed by atoms with Crippen LogP contribution in [0.25, 0.3) is 0 Å². The Labute approximate surface area is 197 Å². The largest absolute Gasteiger partial charge is 0.433 e. The molecule has 2 aliphatic rings. The van der Waals surface area contributed by atoms with Crippen molar-refractivity contribution < 1.29 is 14.1 Å². The number of likely N-dealkylation sites (tertiary alicyclic amines) is 1. The molecule has 0 bridgehead atoms. The van der Waals surface area contributed by atoms with E-state index in [4.69, 9.17) is 9.68 Å². The lowest BCUT2D eigenvalue weighted by Crippen LogP contribution is -2.45. The molecule has 3 aromatic rings. The Morgan fingerprint density at radius 1 is 1.15 bits per heavy atom. The number of aryl methyl sites for hydroxylation is 1. The topological polar surface area (TPSA) is 104 Å². The van der Waals surface area contributed by atoms with Crippen molar-refractivity contribution in [3.05, 3.63) is 92.7 Å². The van der Waals surface area contributed by atoms with Gasteiger partial charge in [0.15, 0.2) is 5.76 Å². The van der Waals surface area contributed by atoms with Crippen LogP contribution in [0, 0.1) is 28.4 Å². The molecule has 1 aromatic heterocycles. The summed E-state index contributed by atoms with van der Waals surface area (Å²) in [6.45, 7) is 5.18.